The first-order valence-electron chi connectivity index (χ1n) is 8.83. The van der Waals surface area contributed by atoms with Gasteiger partial charge in [0.25, 0.3) is 0 Å². The van der Waals surface area contributed by atoms with Crippen LogP contribution in [0.5, 0.6) is 0 Å². The predicted molar refractivity (Wildman–Crippen MR) is 112 cm³/mol. The van der Waals surface area contributed by atoms with E-state index in [0.29, 0.717) is 5.75 Å². The number of benzene rings is 2. The maximum Gasteiger partial charge on any atom is 0.234 e. The van der Waals surface area contributed by atoms with Gasteiger partial charge in [0.1, 0.15) is 5.03 Å². The fourth-order valence-corrected chi connectivity index (χ4v) is 3.58. The van der Waals surface area contributed by atoms with Crippen molar-refractivity contribution in [2.24, 2.45) is 0 Å². The summed E-state index contributed by atoms with van der Waals surface area (Å²) in [6, 6.07) is 16.2. The van der Waals surface area contributed by atoms with Gasteiger partial charge < -0.3 is 5.32 Å². The number of hydrogen-bond donors (Lipinski definition) is 1. The molecule has 0 aliphatic heterocycles. The number of amides is 1. The Morgan fingerprint density at radius 2 is 1.56 bits per heavy atom. The smallest absolute Gasteiger partial charge is 0.234 e. The highest BCUT2D eigenvalue weighted by atomic mass is 32.2. The summed E-state index contributed by atoms with van der Waals surface area (Å²) in [7, 11) is 0. The number of carbonyl (C=O) groups excluding carboxylic acids is 1. The molecule has 4 nitrogen and oxygen atoms in total. The quantitative estimate of drug-likeness (QED) is 0.628. The van der Waals surface area contributed by atoms with Crippen LogP contribution in [0.15, 0.2) is 53.6 Å². The van der Waals surface area contributed by atoms with Crippen LogP contribution in [0.2, 0.25) is 0 Å². The van der Waals surface area contributed by atoms with Crippen LogP contribution in [0, 0.1) is 27.7 Å². The molecule has 5 heteroatoms. The number of thioether (sulfide) groups is 1. The third-order valence-corrected chi connectivity index (χ3v) is 5.20. The van der Waals surface area contributed by atoms with Gasteiger partial charge in [-0.3, -0.25) is 4.79 Å². The van der Waals surface area contributed by atoms with E-state index < -0.39 is 0 Å². The third-order valence-electron chi connectivity index (χ3n) is 4.28. The van der Waals surface area contributed by atoms with Crippen molar-refractivity contribution in [1.29, 1.82) is 0 Å². The molecular weight excluding hydrogens is 354 g/mol. The van der Waals surface area contributed by atoms with E-state index in [2.05, 4.69) is 53.6 Å². The van der Waals surface area contributed by atoms with Gasteiger partial charge in [0, 0.05) is 11.3 Å². The minimum atomic E-state index is -0.0422. The van der Waals surface area contributed by atoms with E-state index in [1.807, 2.05) is 38.1 Å². The van der Waals surface area contributed by atoms with Crippen LogP contribution in [0.25, 0.3) is 11.3 Å². The molecule has 1 amide bonds. The van der Waals surface area contributed by atoms with Crippen molar-refractivity contribution in [3.05, 3.63) is 70.8 Å². The third kappa shape index (κ3) is 4.95. The number of nitrogens with zero attached hydrogens (tertiary/aromatic N) is 2. The van der Waals surface area contributed by atoms with Crippen LogP contribution >= 0.6 is 11.8 Å². The number of anilines is 1. The number of aryl methyl sites for hydroxylation is 4. The zero-order chi connectivity index (χ0) is 19.4. The maximum absolute atomic E-state index is 12.3. The first-order chi connectivity index (χ1) is 12.9. The van der Waals surface area contributed by atoms with Crippen molar-refractivity contribution < 1.29 is 4.79 Å². The van der Waals surface area contributed by atoms with Crippen LogP contribution in [0.4, 0.5) is 5.69 Å². The Bertz CT molecular complexity index is 927. The molecular formula is C22H23N3OS. The highest BCUT2D eigenvalue weighted by molar-refractivity contribution is 7.99. The fourth-order valence-electron chi connectivity index (χ4n) is 2.97. The second-order valence-electron chi connectivity index (χ2n) is 6.73. The Kier molecular flexibility index (Phi) is 5.91. The molecule has 0 fully saturated rings. The SMILES string of the molecule is Cc1ccc(-c2ccc(SCC(=O)Nc3c(C)cc(C)cc3C)nn2)cc1. The molecule has 3 rings (SSSR count). The Balaban J connectivity index is 1.60. The van der Waals surface area contributed by atoms with Crippen molar-refractivity contribution in [3.63, 3.8) is 0 Å². The average molecular weight is 378 g/mol. The summed E-state index contributed by atoms with van der Waals surface area (Å²) in [6.45, 7) is 8.14. The number of nitrogens with one attached hydrogen (secondary N) is 1. The van der Waals surface area contributed by atoms with Gasteiger partial charge in [-0.1, -0.05) is 59.3 Å². The highest BCUT2D eigenvalue weighted by Crippen LogP contribution is 2.23. The van der Waals surface area contributed by atoms with E-state index in [-0.39, 0.29) is 5.91 Å². The Labute approximate surface area is 164 Å². The van der Waals surface area contributed by atoms with Gasteiger partial charge in [0.05, 0.1) is 11.4 Å². The number of hydrogen-bond acceptors (Lipinski definition) is 4. The van der Waals surface area contributed by atoms with Crippen molar-refractivity contribution in [2.45, 2.75) is 32.7 Å². The minimum absolute atomic E-state index is 0.0422. The molecule has 0 bridgehead atoms. The van der Waals surface area contributed by atoms with Gasteiger partial charge in [0.15, 0.2) is 0 Å². The molecule has 0 spiro atoms. The minimum Gasteiger partial charge on any atom is -0.325 e. The van der Waals surface area contributed by atoms with Gasteiger partial charge in [-0.05, 0) is 51.0 Å². The molecule has 0 unspecified atom stereocenters. The molecule has 0 saturated heterocycles. The van der Waals surface area contributed by atoms with Crippen LogP contribution in [-0.4, -0.2) is 21.9 Å². The normalized spacial score (nSPS) is 10.7. The average Bonchev–Trinajstić information content (AvgIpc) is 2.64. The van der Waals surface area contributed by atoms with E-state index in [1.54, 1.807) is 0 Å². The summed E-state index contributed by atoms with van der Waals surface area (Å²) in [6.07, 6.45) is 0. The molecule has 1 N–H and O–H groups in total. The molecule has 0 aliphatic rings. The lowest BCUT2D eigenvalue weighted by molar-refractivity contribution is -0.113. The number of aromatic nitrogens is 2. The molecule has 0 radical (unpaired) electrons. The number of rotatable bonds is 5. The van der Waals surface area contributed by atoms with Crippen LogP contribution in [-0.2, 0) is 4.79 Å². The van der Waals surface area contributed by atoms with Crippen molar-refractivity contribution in [3.8, 4) is 11.3 Å². The molecule has 2 aromatic carbocycles. The van der Waals surface area contributed by atoms with Gasteiger partial charge in [0.2, 0.25) is 5.91 Å². The summed E-state index contributed by atoms with van der Waals surface area (Å²) in [4.78, 5) is 12.3. The van der Waals surface area contributed by atoms with E-state index in [1.165, 1.54) is 22.9 Å². The maximum atomic E-state index is 12.3. The van der Waals surface area contributed by atoms with Gasteiger partial charge in [-0.15, -0.1) is 10.2 Å². The second kappa shape index (κ2) is 8.35. The van der Waals surface area contributed by atoms with E-state index in [4.69, 9.17) is 0 Å². The van der Waals surface area contributed by atoms with Gasteiger partial charge in [-0.25, -0.2) is 0 Å². The molecule has 0 saturated carbocycles. The Hall–Kier alpha value is -2.66. The summed E-state index contributed by atoms with van der Waals surface area (Å²) < 4.78 is 0. The van der Waals surface area contributed by atoms with E-state index in [0.717, 1.165) is 33.1 Å². The van der Waals surface area contributed by atoms with Crippen LogP contribution in [0.3, 0.4) is 0 Å². The molecule has 1 aromatic heterocycles. The predicted octanol–water partition coefficient (Wildman–Crippen LogP) is 5.11. The van der Waals surface area contributed by atoms with Gasteiger partial charge >= 0.3 is 0 Å². The standard InChI is InChI=1S/C22H23N3OS/c1-14-5-7-18(8-6-14)19-9-10-21(25-24-19)27-13-20(26)23-22-16(3)11-15(2)12-17(22)4/h5-12H,13H2,1-4H3,(H,23,26). The van der Waals surface area contributed by atoms with Crippen molar-refractivity contribution in [2.75, 3.05) is 11.1 Å². The van der Waals surface area contributed by atoms with Crippen LogP contribution in [0.1, 0.15) is 22.3 Å². The second-order valence-corrected chi connectivity index (χ2v) is 7.73. The fraction of sp³-hybridized carbons (Fsp3) is 0.227. The first-order valence-corrected chi connectivity index (χ1v) is 9.82. The topological polar surface area (TPSA) is 54.9 Å². The van der Waals surface area contributed by atoms with Gasteiger partial charge in [-0.2, -0.15) is 0 Å². The zero-order valence-electron chi connectivity index (χ0n) is 16.0. The van der Waals surface area contributed by atoms with E-state index in [9.17, 15) is 4.79 Å². The zero-order valence-corrected chi connectivity index (χ0v) is 16.9. The highest BCUT2D eigenvalue weighted by Gasteiger charge is 2.10. The van der Waals surface area contributed by atoms with Crippen molar-refractivity contribution in [1.82, 2.24) is 10.2 Å². The lowest BCUT2D eigenvalue weighted by Gasteiger charge is -2.12. The molecule has 138 valence electrons. The number of carbonyl (C=O) groups is 1. The lowest BCUT2D eigenvalue weighted by atomic mass is 10.1. The molecule has 3 aromatic rings. The summed E-state index contributed by atoms with van der Waals surface area (Å²) in [5.74, 6) is 0.255. The van der Waals surface area contributed by atoms with Crippen molar-refractivity contribution >= 4 is 23.4 Å². The lowest BCUT2D eigenvalue weighted by Crippen LogP contribution is -2.16. The molecule has 1 heterocycles. The van der Waals surface area contributed by atoms with Crippen LogP contribution < -0.4 is 5.32 Å². The first kappa shape index (κ1) is 19.1. The Morgan fingerprint density at radius 1 is 0.889 bits per heavy atom. The van der Waals surface area contributed by atoms with E-state index >= 15 is 0 Å². The molecule has 0 aliphatic carbocycles. The Morgan fingerprint density at radius 3 is 2.15 bits per heavy atom. The summed E-state index contributed by atoms with van der Waals surface area (Å²) in [5.41, 5.74) is 7.32. The monoisotopic (exact) mass is 377 g/mol. The summed E-state index contributed by atoms with van der Waals surface area (Å²) in [5, 5.41) is 12.3. The largest absolute Gasteiger partial charge is 0.325 e. The summed E-state index contributed by atoms with van der Waals surface area (Å²) >= 11 is 1.38. The molecule has 0 atom stereocenters. The molecule has 27 heavy (non-hydrogen) atoms.